The summed E-state index contributed by atoms with van der Waals surface area (Å²) in [5, 5.41) is 0. The average molecular weight is 338 g/mol. The SMILES string of the molecule is O=C(c1ccccc1)N1CC2(CC(OCc3ccccn3)CCO2)C1. The Hall–Kier alpha value is -2.24. The number of amides is 1. The molecule has 1 spiro atoms. The van der Waals surface area contributed by atoms with Gasteiger partial charge in [0, 0.05) is 24.8 Å². The lowest BCUT2D eigenvalue weighted by Gasteiger charge is -2.53. The highest BCUT2D eigenvalue weighted by molar-refractivity contribution is 5.94. The number of aromatic nitrogens is 1. The molecule has 130 valence electrons. The molecule has 0 bridgehead atoms. The summed E-state index contributed by atoms with van der Waals surface area (Å²) in [6.45, 7) is 2.49. The standard InChI is InChI=1S/C20H22N2O3/c23-19(16-6-2-1-3-7-16)22-14-20(15-22)12-18(9-11-25-20)24-13-17-8-4-5-10-21-17/h1-8,10,18H,9,11-15H2. The first-order chi connectivity index (χ1) is 12.2. The van der Waals surface area contributed by atoms with Crippen LogP contribution in [0.2, 0.25) is 0 Å². The number of carbonyl (C=O) groups is 1. The van der Waals surface area contributed by atoms with Gasteiger partial charge in [-0.25, -0.2) is 0 Å². The fourth-order valence-corrected chi connectivity index (χ4v) is 3.59. The molecule has 1 atom stereocenters. The third-order valence-electron chi connectivity index (χ3n) is 4.91. The number of carbonyl (C=O) groups excluding carboxylic acids is 1. The maximum atomic E-state index is 12.5. The van der Waals surface area contributed by atoms with E-state index in [4.69, 9.17) is 9.47 Å². The van der Waals surface area contributed by atoms with E-state index >= 15 is 0 Å². The molecule has 2 aromatic rings. The first-order valence-electron chi connectivity index (χ1n) is 8.74. The van der Waals surface area contributed by atoms with E-state index in [1.165, 1.54) is 0 Å². The number of ether oxygens (including phenoxy) is 2. The quantitative estimate of drug-likeness (QED) is 0.860. The maximum Gasteiger partial charge on any atom is 0.254 e. The number of benzene rings is 1. The fraction of sp³-hybridized carbons (Fsp3) is 0.400. The normalized spacial score (nSPS) is 21.8. The molecule has 2 aliphatic rings. The number of hydrogen-bond donors (Lipinski definition) is 0. The van der Waals surface area contributed by atoms with Crippen LogP contribution in [0, 0.1) is 0 Å². The van der Waals surface area contributed by atoms with Gasteiger partial charge in [0.15, 0.2) is 0 Å². The molecule has 4 rings (SSSR count). The zero-order valence-corrected chi connectivity index (χ0v) is 14.1. The van der Waals surface area contributed by atoms with Crippen LogP contribution in [0.15, 0.2) is 54.7 Å². The second-order valence-electron chi connectivity index (χ2n) is 6.81. The van der Waals surface area contributed by atoms with Gasteiger partial charge < -0.3 is 14.4 Å². The number of rotatable bonds is 4. The first kappa shape index (κ1) is 16.2. The summed E-state index contributed by atoms with van der Waals surface area (Å²) in [7, 11) is 0. The second-order valence-corrected chi connectivity index (χ2v) is 6.81. The molecular weight excluding hydrogens is 316 g/mol. The van der Waals surface area contributed by atoms with Crippen LogP contribution in [0.4, 0.5) is 0 Å². The molecule has 5 nitrogen and oxygen atoms in total. The third-order valence-corrected chi connectivity index (χ3v) is 4.91. The average Bonchev–Trinajstić information content (AvgIpc) is 2.65. The Morgan fingerprint density at radius 1 is 1.20 bits per heavy atom. The number of nitrogens with zero attached hydrogens (tertiary/aromatic N) is 2. The van der Waals surface area contributed by atoms with Crippen LogP contribution >= 0.6 is 0 Å². The van der Waals surface area contributed by atoms with E-state index in [1.807, 2.05) is 53.4 Å². The molecule has 0 saturated carbocycles. The van der Waals surface area contributed by atoms with Crippen LogP contribution in [0.1, 0.15) is 28.9 Å². The molecule has 2 saturated heterocycles. The monoisotopic (exact) mass is 338 g/mol. The molecule has 0 aliphatic carbocycles. The number of hydrogen-bond acceptors (Lipinski definition) is 4. The van der Waals surface area contributed by atoms with E-state index < -0.39 is 0 Å². The highest BCUT2D eigenvalue weighted by Crippen LogP contribution is 2.36. The zero-order chi connectivity index (χ0) is 17.1. The summed E-state index contributed by atoms with van der Waals surface area (Å²) >= 11 is 0. The smallest absolute Gasteiger partial charge is 0.254 e. The van der Waals surface area contributed by atoms with Gasteiger partial charge >= 0.3 is 0 Å². The van der Waals surface area contributed by atoms with Crippen LogP contribution in [-0.2, 0) is 16.1 Å². The lowest BCUT2D eigenvalue weighted by Crippen LogP contribution is -2.67. The van der Waals surface area contributed by atoms with Crippen molar-refractivity contribution >= 4 is 5.91 Å². The van der Waals surface area contributed by atoms with Gasteiger partial charge in [0.2, 0.25) is 0 Å². The summed E-state index contributed by atoms with van der Waals surface area (Å²) in [6.07, 6.45) is 3.66. The molecule has 1 aromatic carbocycles. The molecule has 1 aromatic heterocycles. The van der Waals surface area contributed by atoms with Crippen molar-refractivity contribution in [2.24, 2.45) is 0 Å². The van der Waals surface area contributed by atoms with Crippen LogP contribution < -0.4 is 0 Å². The van der Waals surface area contributed by atoms with Crippen molar-refractivity contribution in [2.75, 3.05) is 19.7 Å². The highest BCUT2D eigenvalue weighted by atomic mass is 16.5. The zero-order valence-electron chi connectivity index (χ0n) is 14.1. The van der Waals surface area contributed by atoms with Crippen LogP contribution in [0.5, 0.6) is 0 Å². The van der Waals surface area contributed by atoms with E-state index in [0.29, 0.717) is 26.3 Å². The molecule has 3 heterocycles. The molecule has 1 amide bonds. The van der Waals surface area contributed by atoms with Crippen molar-refractivity contribution in [3.8, 4) is 0 Å². The van der Waals surface area contributed by atoms with Crippen molar-refractivity contribution in [1.82, 2.24) is 9.88 Å². The first-order valence-corrected chi connectivity index (χ1v) is 8.74. The van der Waals surface area contributed by atoms with E-state index in [1.54, 1.807) is 6.20 Å². The largest absolute Gasteiger partial charge is 0.372 e. The van der Waals surface area contributed by atoms with Gasteiger partial charge in [-0.2, -0.15) is 0 Å². The molecule has 0 N–H and O–H groups in total. The van der Waals surface area contributed by atoms with Gasteiger partial charge in [-0.3, -0.25) is 9.78 Å². The molecule has 0 radical (unpaired) electrons. The van der Waals surface area contributed by atoms with Crippen molar-refractivity contribution in [1.29, 1.82) is 0 Å². The Morgan fingerprint density at radius 2 is 2.00 bits per heavy atom. The second kappa shape index (κ2) is 6.94. The third kappa shape index (κ3) is 3.57. The predicted octanol–water partition coefficient (Wildman–Crippen LogP) is 2.67. The Labute approximate surface area is 147 Å². The Balaban J connectivity index is 1.31. The van der Waals surface area contributed by atoms with Crippen molar-refractivity contribution < 1.29 is 14.3 Å². The van der Waals surface area contributed by atoms with Crippen LogP contribution in [0.25, 0.3) is 0 Å². The van der Waals surface area contributed by atoms with Gasteiger partial charge in [0.05, 0.1) is 31.5 Å². The minimum Gasteiger partial charge on any atom is -0.372 e. The highest BCUT2D eigenvalue weighted by Gasteiger charge is 2.49. The topological polar surface area (TPSA) is 51.7 Å². The molecule has 25 heavy (non-hydrogen) atoms. The fourth-order valence-electron chi connectivity index (χ4n) is 3.59. The molecule has 5 heteroatoms. The van der Waals surface area contributed by atoms with E-state index in [0.717, 1.165) is 24.1 Å². The minimum atomic E-state index is -0.239. The minimum absolute atomic E-state index is 0.0753. The summed E-state index contributed by atoms with van der Waals surface area (Å²) in [5.74, 6) is 0.0753. The van der Waals surface area contributed by atoms with Crippen LogP contribution in [0.3, 0.4) is 0 Å². The van der Waals surface area contributed by atoms with Gasteiger partial charge in [0.25, 0.3) is 5.91 Å². The van der Waals surface area contributed by atoms with Gasteiger partial charge in [-0.1, -0.05) is 24.3 Å². The lowest BCUT2D eigenvalue weighted by molar-refractivity contribution is -0.188. The van der Waals surface area contributed by atoms with Crippen LogP contribution in [-0.4, -0.2) is 47.2 Å². The number of likely N-dealkylation sites (tertiary alicyclic amines) is 1. The van der Waals surface area contributed by atoms with Gasteiger partial charge in [-0.05, 0) is 30.7 Å². The van der Waals surface area contributed by atoms with Gasteiger partial charge in [-0.15, -0.1) is 0 Å². The summed E-state index contributed by atoms with van der Waals surface area (Å²) in [6, 6.07) is 15.3. The summed E-state index contributed by atoms with van der Waals surface area (Å²) in [5.41, 5.74) is 1.44. The molecule has 1 unspecified atom stereocenters. The van der Waals surface area contributed by atoms with Crippen molar-refractivity contribution in [3.63, 3.8) is 0 Å². The molecular formula is C20H22N2O3. The summed E-state index contributed by atoms with van der Waals surface area (Å²) in [4.78, 5) is 18.6. The van der Waals surface area contributed by atoms with E-state index in [2.05, 4.69) is 4.98 Å². The molecule has 2 fully saturated rings. The Morgan fingerprint density at radius 3 is 2.76 bits per heavy atom. The van der Waals surface area contributed by atoms with Crippen molar-refractivity contribution in [2.45, 2.75) is 31.2 Å². The lowest BCUT2D eigenvalue weighted by atomic mass is 9.84. The van der Waals surface area contributed by atoms with Gasteiger partial charge in [0.1, 0.15) is 5.60 Å². The van der Waals surface area contributed by atoms with E-state index in [9.17, 15) is 4.79 Å². The Kier molecular flexibility index (Phi) is 4.51. The van der Waals surface area contributed by atoms with E-state index in [-0.39, 0.29) is 17.6 Å². The number of pyridine rings is 1. The van der Waals surface area contributed by atoms with Crippen molar-refractivity contribution in [3.05, 3.63) is 66.0 Å². The predicted molar refractivity (Wildman–Crippen MR) is 93.1 cm³/mol. The Bertz CT molecular complexity index is 714. The maximum absolute atomic E-state index is 12.5. The summed E-state index contributed by atoms with van der Waals surface area (Å²) < 4.78 is 12.0. The molecule has 2 aliphatic heterocycles.